The number of nitrogens with zero attached hydrogens (tertiary/aromatic N) is 1. The van der Waals surface area contributed by atoms with Crippen molar-refractivity contribution < 1.29 is 27.4 Å². The predicted molar refractivity (Wildman–Crippen MR) is 60.0 cm³/mol. The van der Waals surface area contributed by atoms with Gasteiger partial charge in [-0.05, 0) is 12.1 Å². The van der Waals surface area contributed by atoms with E-state index >= 15 is 0 Å². The molecule has 1 amide bonds. The number of aromatic nitrogens is 1. The second-order valence-corrected chi connectivity index (χ2v) is 3.51. The van der Waals surface area contributed by atoms with Crippen molar-refractivity contribution in [3.8, 4) is 5.88 Å². The van der Waals surface area contributed by atoms with Gasteiger partial charge >= 0.3 is 6.18 Å². The normalized spacial score (nSPS) is 11.2. The number of pyridine rings is 1. The van der Waals surface area contributed by atoms with Crippen molar-refractivity contribution in [3.05, 3.63) is 23.9 Å². The Kier molecular flexibility index (Phi) is 5.56. The summed E-state index contributed by atoms with van der Waals surface area (Å²) in [5, 5.41) is 2.47. The van der Waals surface area contributed by atoms with E-state index in [1.54, 1.807) is 0 Å². The van der Waals surface area contributed by atoms with E-state index in [-0.39, 0.29) is 18.0 Å². The van der Waals surface area contributed by atoms with Gasteiger partial charge in [-0.1, -0.05) is 0 Å². The van der Waals surface area contributed by atoms with Gasteiger partial charge in [-0.3, -0.25) is 4.79 Å². The summed E-state index contributed by atoms with van der Waals surface area (Å²) < 4.78 is 45.4. The van der Waals surface area contributed by atoms with Crippen LogP contribution in [0.25, 0.3) is 0 Å². The summed E-state index contributed by atoms with van der Waals surface area (Å²) in [7, 11) is 1.47. The maximum Gasteiger partial charge on any atom is 0.422 e. The first kappa shape index (κ1) is 15.2. The van der Waals surface area contributed by atoms with Crippen LogP contribution in [0, 0.1) is 0 Å². The third-order valence-corrected chi connectivity index (χ3v) is 1.98. The first-order chi connectivity index (χ1) is 8.94. The zero-order valence-corrected chi connectivity index (χ0v) is 10.2. The average molecular weight is 278 g/mol. The Balaban J connectivity index is 2.69. The number of nitrogens with one attached hydrogen (secondary N) is 1. The second kappa shape index (κ2) is 6.93. The number of carbonyl (C=O) groups is 1. The minimum atomic E-state index is -4.48. The van der Waals surface area contributed by atoms with E-state index in [9.17, 15) is 18.0 Å². The summed E-state index contributed by atoms with van der Waals surface area (Å²) in [5.41, 5.74) is -0.0529. The van der Waals surface area contributed by atoms with Gasteiger partial charge in [0.05, 0.1) is 6.61 Å². The van der Waals surface area contributed by atoms with Crippen LogP contribution in [0.4, 0.5) is 13.2 Å². The highest BCUT2D eigenvalue weighted by Crippen LogP contribution is 2.19. The Labute approximate surface area is 107 Å². The van der Waals surface area contributed by atoms with Gasteiger partial charge in [0.1, 0.15) is 5.56 Å². The lowest BCUT2D eigenvalue weighted by Gasteiger charge is -2.11. The standard InChI is InChI=1S/C11H13F3N2O3/c1-18-6-5-15-9(17)8-3-2-4-16-10(8)19-7-11(12,13)14/h2-4H,5-7H2,1H3,(H,15,17). The van der Waals surface area contributed by atoms with Crippen molar-refractivity contribution in [1.29, 1.82) is 0 Å². The maximum atomic E-state index is 12.1. The van der Waals surface area contributed by atoms with E-state index < -0.39 is 18.7 Å². The van der Waals surface area contributed by atoms with Gasteiger partial charge in [0.2, 0.25) is 5.88 Å². The third-order valence-electron chi connectivity index (χ3n) is 1.98. The Bertz CT molecular complexity index is 424. The topological polar surface area (TPSA) is 60.5 Å². The van der Waals surface area contributed by atoms with Crippen LogP contribution in [-0.2, 0) is 4.74 Å². The van der Waals surface area contributed by atoms with Crippen molar-refractivity contribution in [2.45, 2.75) is 6.18 Å². The average Bonchev–Trinajstić information content (AvgIpc) is 2.36. The van der Waals surface area contributed by atoms with Gasteiger partial charge in [-0.25, -0.2) is 4.98 Å². The quantitative estimate of drug-likeness (QED) is 0.799. The SMILES string of the molecule is COCCNC(=O)c1cccnc1OCC(F)(F)F. The Hall–Kier alpha value is -1.83. The van der Waals surface area contributed by atoms with Crippen LogP contribution in [0.2, 0.25) is 0 Å². The molecular weight excluding hydrogens is 265 g/mol. The number of hydrogen-bond donors (Lipinski definition) is 1. The molecule has 0 aliphatic rings. The zero-order chi connectivity index (χ0) is 14.3. The largest absolute Gasteiger partial charge is 0.467 e. The molecule has 8 heteroatoms. The molecule has 0 spiro atoms. The highest BCUT2D eigenvalue weighted by atomic mass is 19.4. The highest BCUT2D eigenvalue weighted by Gasteiger charge is 2.29. The van der Waals surface area contributed by atoms with E-state index in [0.29, 0.717) is 6.61 Å². The van der Waals surface area contributed by atoms with Crippen LogP contribution in [0.15, 0.2) is 18.3 Å². The number of amides is 1. The molecule has 1 aromatic heterocycles. The Morgan fingerprint density at radius 2 is 2.21 bits per heavy atom. The molecule has 106 valence electrons. The molecule has 5 nitrogen and oxygen atoms in total. The van der Waals surface area contributed by atoms with E-state index in [4.69, 9.17) is 4.74 Å². The molecule has 0 saturated carbocycles. The smallest absolute Gasteiger partial charge is 0.422 e. The van der Waals surface area contributed by atoms with E-state index in [1.807, 2.05) is 0 Å². The summed E-state index contributed by atoms with van der Waals surface area (Å²) in [6.45, 7) is -0.962. The van der Waals surface area contributed by atoms with Crippen LogP contribution in [0.3, 0.4) is 0 Å². The Morgan fingerprint density at radius 3 is 2.84 bits per heavy atom. The number of rotatable bonds is 6. The summed E-state index contributed by atoms with van der Waals surface area (Å²) in [6.07, 6.45) is -3.24. The summed E-state index contributed by atoms with van der Waals surface area (Å²) in [5.74, 6) is -0.919. The molecule has 0 atom stereocenters. The molecule has 0 aliphatic carbocycles. The Morgan fingerprint density at radius 1 is 1.47 bits per heavy atom. The van der Waals surface area contributed by atoms with E-state index in [2.05, 4.69) is 15.0 Å². The number of ether oxygens (including phenoxy) is 2. The fraction of sp³-hybridized carbons (Fsp3) is 0.455. The van der Waals surface area contributed by atoms with Crippen LogP contribution in [0.5, 0.6) is 5.88 Å². The van der Waals surface area contributed by atoms with E-state index in [0.717, 1.165) is 0 Å². The fourth-order valence-corrected chi connectivity index (χ4v) is 1.19. The molecule has 0 bridgehead atoms. The number of hydrogen-bond acceptors (Lipinski definition) is 4. The molecule has 0 aromatic carbocycles. The molecule has 1 N–H and O–H groups in total. The summed E-state index contributed by atoms with van der Waals surface area (Å²) in [4.78, 5) is 15.3. The van der Waals surface area contributed by atoms with Gasteiger partial charge in [-0.15, -0.1) is 0 Å². The first-order valence-corrected chi connectivity index (χ1v) is 5.36. The summed E-state index contributed by atoms with van der Waals surface area (Å²) >= 11 is 0. The lowest BCUT2D eigenvalue weighted by atomic mass is 10.2. The number of halogens is 3. The van der Waals surface area contributed by atoms with Gasteiger partial charge in [0.15, 0.2) is 6.61 Å². The number of carbonyl (C=O) groups excluding carboxylic acids is 1. The molecule has 1 rings (SSSR count). The third kappa shape index (κ3) is 5.56. The lowest BCUT2D eigenvalue weighted by molar-refractivity contribution is -0.154. The van der Waals surface area contributed by atoms with Crippen LogP contribution >= 0.6 is 0 Å². The van der Waals surface area contributed by atoms with Gasteiger partial charge in [-0.2, -0.15) is 13.2 Å². The minimum absolute atomic E-state index is 0.0529. The number of alkyl halides is 3. The van der Waals surface area contributed by atoms with Crippen LogP contribution in [0.1, 0.15) is 10.4 Å². The highest BCUT2D eigenvalue weighted by molar-refractivity contribution is 5.96. The van der Waals surface area contributed by atoms with Crippen molar-refractivity contribution in [2.75, 3.05) is 26.9 Å². The lowest BCUT2D eigenvalue weighted by Crippen LogP contribution is -2.28. The first-order valence-electron chi connectivity index (χ1n) is 5.36. The van der Waals surface area contributed by atoms with Crippen molar-refractivity contribution in [1.82, 2.24) is 10.3 Å². The van der Waals surface area contributed by atoms with Crippen molar-refractivity contribution >= 4 is 5.91 Å². The molecule has 0 saturated heterocycles. The van der Waals surface area contributed by atoms with Crippen molar-refractivity contribution in [3.63, 3.8) is 0 Å². The second-order valence-electron chi connectivity index (χ2n) is 3.51. The molecule has 0 unspecified atom stereocenters. The molecule has 0 radical (unpaired) electrons. The minimum Gasteiger partial charge on any atom is -0.467 e. The fourth-order valence-electron chi connectivity index (χ4n) is 1.19. The van der Waals surface area contributed by atoms with E-state index in [1.165, 1.54) is 25.4 Å². The predicted octanol–water partition coefficient (Wildman–Crippen LogP) is 1.40. The molecule has 0 fully saturated rings. The van der Waals surface area contributed by atoms with Crippen molar-refractivity contribution in [2.24, 2.45) is 0 Å². The van der Waals surface area contributed by atoms with Gasteiger partial charge in [0.25, 0.3) is 5.91 Å². The maximum absolute atomic E-state index is 12.1. The molecule has 1 heterocycles. The zero-order valence-electron chi connectivity index (χ0n) is 10.2. The van der Waals surface area contributed by atoms with Crippen LogP contribution in [-0.4, -0.2) is 43.9 Å². The molecule has 1 aromatic rings. The summed E-state index contributed by atoms with van der Waals surface area (Å²) in [6, 6.07) is 2.77. The molecular formula is C11H13F3N2O3. The van der Waals surface area contributed by atoms with Gasteiger partial charge < -0.3 is 14.8 Å². The molecule has 19 heavy (non-hydrogen) atoms. The number of methoxy groups -OCH3 is 1. The molecule has 0 aliphatic heterocycles. The monoisotopic (exact) mass is 278 g/mol. The van der Waals surface area contributed by atoms with Crippen LogP contribution < -0.4 is 10.1 Å². The van der Waals surface area contributed by atoms with Gasteiger partial charge in [0, 0.05) is 19.9 Å².